The minimum absolute atomic E-state index is 0. The molecule has 0 aromatic heterocycles. The molecule has 0 bridgehead atoms. The van der Waals surface area contributed by atoms with E-state index in [-0.39, 0.29) is 39.1 Å². The Hall–Kier alpha value is -0.776. The molecule has 0 spiro atoms. The zero-order chi connectivity index (χ0) is 17.0. The van der Waals surface area contributed by atoms with Crippen molar-refractivity contribution in [2.75, 3.05) is 13.2 Å². The number of allylic oxidation sites excluding steroid dienone is 1. The molecule has 0 saturated heterocycles. The Morgan fingerprint density at radius 2 is 2.25 bits per heavy atom. The molecule has 1 amide bonds. The first-order valence-electron chi connectivity index (χ1n) is 7.13. The van der Waals surface area contributed by atoms with Gasteiger partial charge in [-0.1, -0.05) is 26.0 Å². The summed E-state index contributed by atoms with van der Waals surface area (Å²) >= 11 is 5.88. The molecule has 24 heavy (non-hydrogen) atoms. The zero-order valence-electron chi connectivity index (χ0n) is 13.3. The molecular formula is C17H17ClF2NO2Y-. The van der Waals surface area contributed by atoms with Gasteiger partial charge in [0.1, 0.15) is 17.7 Å². The Bertz CT molecular complexity index is 637. The maximum atomic E-state index is 12.8. The summed E-state index contributed by atoms with van der Waals surface area (Å²) in [6, 6.07) is 5.24. The van der Waals surface area contributed by atoms with Gasteiger partial charge in [-0.15, -0.1) is 34.5 Å². The van der Waals surface area contributed by atoms with Crippen LogP contribution < -0.4 is 4.74 Å². The van der Waals surface area contributed by atoms with Crippen molar-refractivity contribution in [1.82, 2.24) is 4.90 Å². The summed E-state index contributed by atoms with van der Waals surface area (Å²) in [5.74, 6) is 0.122. The normalized spacial score (nSPS) is 17.4. The molecule has 1 aromatic rings. The number of alkyl halides is 3. The topological polar surface area (TPSA) is 29.5 Å². The van der Waals surface area contributed by atoms with Gasteiger partial charge in [0.25, 0.3) is 6.43 Å². The fourth-order valence-corrected chi connectivity index (χ4v) is 2.55. The van der Waals surface area contributed by atoms with E-state index in [2.05, 4.69) is 12.7 Å². The predicted octanol–water partition coefficient (Wildman–Crippen LogP) is 3.81. The molecule has 1 radical (unpaired) electrons. The molecular weight excluding hydrogens is 413 g/mol. The number of halogens is 3. The number of amides is 1. The molecule has 3 nitrogen and oxygen atoms in total. The third-order valence-electron chi connectivity index (χ3n) is 3.39. The van der Waals surface area contributed by atoms with Gasteiger partial charge in [0.05, 0.1) is 6.54 Å². The van der Waals surface area contributed by atoms with Gasteiger partial charge in [-0.3, -0.25) is 4.79 Å². The summed E-state index contributed by atoms with van der Waals surface area (Å²) in [6.45, 7) is 5.07. The van der Waals surface area contributed by atoms with Crippen LogP contribution in [0.4, 0.5) is 8.78 Å². The van der Waals surface area contributed by atoms with Gasteiger partial charge in [0.2, 0.25) is 5.91 Å². The van der Waals surface area contributed by atoms with Crippen LogP contribution in [-0.2, 0) is 37.5 Å². The number of hydrogen-bond donors (Lipinski definition) is 0. The van der Waals surface area contributed by atoms with Crippen molar-refractivity contribution in [3.63, 3.8) is 0 Å². The Kier molecular flexibility index (Phi) is 8.54. The van der Waals surface area contributed by atoms with Crippen LogP contribution in [0.1, 0.15) is 17.5 Å². The fourth-order valence-electron chi connectivity index (χ4n) is 2.35. The van der Waals surface area contributed by atoms with Crippen molar-refractivity contribution in [3.05, 3.63) is 48.1 Å². The molecule has 0 N–H and O–H groups in total. The smallest absolute Gasteiger partial charge is 0.256 e. The zero-order valence-corrected chi connectivity index (χ0v) is 16.9. The van der Waals surface area contributed by atoms with Crippen LogP contribution in [0.15, 0.2) is 30.9 Å². The molecule has 1 heterocycles. The van der Waals surface area contributed by atoms with Crippen LogP contribution in [-0.4, -0.2) is 35.8 Å². The van der Waals surface area contributed by atoms with E-state index in [1.54, 1.807) is 24.3 Å². The molecule has 1 aromatic carbocycles. The van der Waals surface area contributed by atoms with E-state index in [0.29, 0.717) is 23.6 Å². The van der Waals surface area contributed by atoms with E-state index in [4.69, 9.17) is 16.3 Å². The van der Waals surface area contributed by atoms with Gasteiger partial charge < -0.3 is 9.64 Å². The summed E-state index contributed by atoms with van der Waals surface area (Å²) in [4.78, 5) is 13.1. The standard InChI is InChI=1S/C17H17ClF2NO2.Y/c1-3-8-23-12-4-5-13(11(2)9-12)15-7-6-14(18)17(22)21(15)10-16(19)20;/h3-5,9,14,16H,1,6,8,10H2,2H3;/q-1;. The largest absolute Gasteiger partial charge is 0.490 e. The first-order chi connectivity index (χ1) is 10.9. The van der Waals surface area contributed by atoms with Crippen LogP contribution in [0.5, 0.6) is 5.75 Å². The molecule has 127 valence electrons. The number of benzene rings is 1. The summed E-state index contributed by atoms with van der Waals surface area (Å²) in [7, 11) is 0. The second-order valence-electron chi connectivity index (χ2n) is 5.11. The van der Waals surface area contributed by atoms with Crippen molar-refractivity contribution >= 4 is 23.2 Å². The SMILES string of the molecule is C=CCOc1ccc(C2=[C-]CC(Cl)C(=O)N2CC(F)F)c(C)c1.[Y]. The monoisotopic (exact) mass is 429 g/mol. The molecule has 1 atom stereocenters. The van der Waals surface area contributed by atoms with Crippen LogP contribution in [0.25, 0.3) is 5.70 Å². The first-order valence-corrected chi connectivity index (χ1v) is 7.56. The van der Waals surface area contributed by atoms with Gasteiger partial charge in [-0.2, -0.15) is 0 Å². The number of aryl methyl sites for hydroxylation is 1. The number of carbonyl (C=O) groups is 1. The van der Waals surface area contributed by atoms with E-state index < -0.39 is 24.3 Å². The van der Waals surface area contributed by atoms with Crippen LogP contribution in [0, 0.1) is 13.0 Å². The maximum absolute atomic E-state index is 12.8. The minimum Gasteiger partial charge on any atom is -0.490 e. The summed E-state index contributed by atoms with van der Waals surface area (Å²) in [6.07, 6.45) is 2.16. The Morgan fingerprint density at radius 1 is 1.54 bits per heavy atom. The third kappa shape index (κ3) is 5.11. The molecule has 1 unspecified atom stereocenters. The number of hydrogen-bond acceptors (Lipinski definition) is 2. The molecule has 0 fully saturated rings. The van der Waals surface area contributed by atoms with Crippen molar-refractivity contribution in [1.29, 1.82) is 0 Å². The second kappa shape index (κ2) is 9.64. The molecule has 2 rings (SSSR count). The molecule has 7 heteroatoms. The van der Waals surface area contributed by atoms with Crippen LogP contribution in [0.2, 0.25) is 0 Å². The summed E-state index contributed by atoms with van der Waals surface area (Å²) < 4.78 is 31.0. The minimum atomic E-state index is -2.65. The van der Waals surface area contributed by atoms with Gasteiger partial charge in [-0.05, 0) is 12.1 Å². The average molecular weight is 430 g/mol. The van der Waals surface area contributed by atoms with E-state index >= 15 is 0 Å². The second-order valence-corrected chi connectivity index (χ2v) is 5.64. The summed E-state index contributed by atoms with van der Waals surface area (Å²) in [5, 5.41) is -0.854. The van der Waals surface area contributed by atoms with Crippen molar-refractivity contribution < 1.29 is 51.0 Å². The quantitative estimate of drug-likeness (QED) is 0.391. The van der Waals surface area contributed by atoms with Crippen molar-refractivity contribution in [2.24, 2.45) is 0 Å². The van der Waals surface area contributed by atoms with Gasteiger partial charge >= 0.3 is 0 Å². The Labute approximate surface area is 170 Å². The van der Waals surface area contributed by atoms with Gasteiger partial charge in [0, 0.05) is 32.7 Å². The molecule has 1 aliphatic rings. The van der Waals surface area contributed by atoms with Gasteiger partial charge in [0.15, 0.2) is 0 Å². The average Bonchev–Trinajstić information content (AvgIpc) is 2.50. The molecule has 0 aliphatic carbocycles. The molecule has 0 saturated carbocycles. The van der Waals surface area contributed by atoms with Gasteiger partial charge in [-0.25, -0.2) is 14.9 Å². The van der Waals surface area contributed by atoms with E-state index in [0.717, 1.165) is 10.5 Å². The van der Waals surface area contributed by atoms with Crippen molar-refractivity contribution in [3.8, 4) is 5.75 Å². The van der Waals surface area contributed by atoms with E-state index in [9.17, 15) is 13.6 Å². The fraction of sp³-hybridized carbons (Fsp3) is 0.353. The molecule has 1 aliphatic heterocycles. The number of nitrogens with zero attached hydrogens (tertiary/aromatic N) is 1. The van der Waals surface area contributed by atoms with E-state index in [1.807, 2.05) is 6.92 Å². The first kappa shape index (κ1) is 21.3. The Morgan fingerprint density at radius 3 is 2.83 bits per heavy atom. The third-order valence-corrected chi connectivity index (χ3v) is 3.74. The Balaban J connectivity index is 0.00000288. The van der Waals surface area contributed by atoms with Crippen LogP contribution >= 0.6 is 11.6 Å². The predicted molar refractivity (Wildman–Crippen MR) is 85.5 cm³/mol. The number of rotatable bonds is 6. The van der Waals surface area contributed by atoms with E-state index in [1.165, 1.54) is 0 Å². The van der Waals surface area contributed by atoms with Crippen molar-refractivity contribution in [2.45, 2.75) is 25.1 Å². The summed E-state index contributed by atoms with van der Waals surface area (Å²) in [5.41, 5.74) is 1.81. The number of ether oxygens (including phenoxy) is 1. The van der Waals surface area contributed by atoms with Crippen LogP contribution in [0.3, 0.4) is 0 Å². The number of carbonyl (C=O) groups excluding carboxylic acids is 1. The maximum Gasteiger partial charge on any atom is 0.256 e.